The summed E-state index contributed by atoms with van der Waals surface area (Å²) in [6, 6.07) is 11.0. The van der Waals surface area contributed by atoms with Gasteiger partial charge in [0.1, 0.15) is 11.6 Å². The molecule has 4 heteroatoms. The smallest absolute Gasteiger partial charge is 0.141 e. The summed E-state index contributed by atoms with van der Waals surface area (Å²) >= 11 is 0. The number of ether oxygens (including phenoxy) is 1. The van der Waals surface area contributed by atoms with Gasteiger partial charge in [-0.3, -0.25) is 4.98 Å². The van der Waals surface area contributed by atoms with E-state index in [4.69, 9.17) is 4.74 Å². The number of nitrogens with zero attached hydrogens (tertiary/aromatic N) is 1. The van der Waals surface area contributed by atoms with Gasteiger partial charge in [-0.05, 0) is 37.6 Å². The number of rotatable bonds is 6. The van der Waals surface area contributed by atoms with Crippen molar-refractivity contribution >= 4 is 5.69 Å². The molecule has 0 aliphatic heterocycles. The van der Waals surface area contributed by atoms with Crippen LogP contribution in [-0.4, -0.2) is 11.6 Å². The average Bonchev–Trinajstić information content (AvgIpc) is 2.47. The van der Waals surface area contributed by atoms with Crippen LogP contribution in [0.5, 0.6) is 5.75 Å². The first-order valence-corrected chi connectivity index (χ1v) is 6.83. The molecule has 0 saturated heterocycles. The molecule has 1 unspecified atom stereocenters. The van der Waals surface area contributed by atoms with Crippen LogP contribution in [0.1, 0.15) is 32.0 Å². The third-order valence-corrected chi connectivity index (χ3v) is 3.00. The molecule has 0 fully saturated rings. The SMILES string of the molecule is CCOc1cccc(NC(CC)c2ccc(F)cn2)c1. The number of halogens is 1. The summed E-state index contributed by atoms with van der Waals surface area (Å²) in [5.41, 5.74) is 1.80. The number of hydrogen-bond donors (Lipinski definition) is 1. The van der Waals surface area contributed by atoms with Gasteiger partial charge in [-0.2, -0.15) is 0 Å². The maximum atomic E-state index is 12.9. The summed E-state index contributed by atoms with van der Waals surface area (Å²) in [6.07, 6.45) is 2.10. The Morgan fingerprint density at radius 3 is 2.75 bits per heavy atom. The summed E-state index contributed by atoms with van der Waals surface area (Å²) in [6.45, 7) is 4.66. The lowest BCUT2D eigenvalue weighted by Gasteiger charge is -2.18. The molecule has 0 radical (unpaired) electrons. The van der Waals surface area contributed by atoms with E-state index in [0.29, 0.717) is 6.61 Å². The molecule has 106 valence electrons. The van der Waals surface area contributed by atoms with Crippen LogP contribution in [0.25, 0.3) is 0 Å². The van der Waals surface area contributed by atoms with E-state index in [1.165, 1.54) is 12.3 Å². The van der Waals surface area contributed by atoms with Crippen molar-refractivity contribution in [3.63, 3.8) is 0 Å². The van der Waals surface area contributed by atoms with Gasteiger partial charge in [-0.25, -0.2) is 4.39 Å². The minimum atomic E-state index is -0.318. The van der Waals surface area contributed by atoms with Crippen molar-refractivity contribution in [3.8, 4) is 5.75 Å². The van der Waals surface area contributed by atoms with Gasteiger partial charge in [0.15, 0.2) is 0 Å². The van der Waals surface area contributed by atoms with Crippen LogP contribution in [0, 0.1) is 5.82 Å². The predicted molar refractivity (Wildman–Crippen MR) is 78.5 cm³/mol. The number of benzene rings is 1. The monoisotopic (exact) mass is 274 g/mol. The van der Waals surface area contributed by atoms with Crippen LogP contribution in [0.2, 0.25) is 0 Å². The van der Waals surface area contributed by atoms with Gasteiger partial charge in [0.05, 0.1) is 24.5 Å². The summed E-state index contributed by atoms with van der Waals surface area (Å²) in [4.78, 5) is 4.14. The first kappa shape index (κ1) is 14.3. The lowest BCUT2D eigenvalue weighted by Crippen LogP contribution is -2.11. The first-order chi connectivity index (χ1) is 9.72. The molecule has 0 aliphatic rings. The van der Waals surface area contributed by atoms with Gasteiger partial charge < -0.3 is 10.1 Å². The highest BCUT2D eigenvalue weighted by Gasteiger charge is 2.11. The van der Waals surface area contributed by atoms with Crippen molar-refractivity contribution in [1.29, 1.82) is 0 Å². The molecule has 0 bridgehead atoms. The van der Waals surface area contributed by atoms with E-state index < -0.39 is 0 Å². The Hall–Kier alpha value is -2.10. The Morgan fingerprint density at radius 2 is 2.10 bits per heavy atom. The number of pyridine rings is 1. The minimum absolute atomic E-state index is 0.0486. The van der Waals surface area contributed by atoms with Crippen molar-refractivity contribution in [2.24, 2.45) is 0 Å². The summed E-state index contributed by atoms with van der Waals surface area (Å²) in [5.74, 6) is 0.515. The number of nitrogens with one attached hydrogen (secondary N) is 1. The predicted octanol–water partition coefficient (Wildman–Crippen LogP) is 4.18. The normalized spacial score (nSPS) is 11.9. The van der Waals surface area contributed by atoms with Crippen molar-refractivity contribution < 1.29 is 9.13 Å². The fourth-order valence-corrected chi connectivity index (χ4v) is 2.02. The Morgan fingerprint density at radius 1 is 1.25 bits per heavy atom. The van der Waals surface area contributed by atoms with Crippen LogP contribution in [0.3, 0.4) is 0 Å². The molecule has 1 aromatic heterocycles. The van der Waals surface area contributed by atoms with E-state index in [0.717, 1.165) is 23.6 Å². The maximum absolute atomic E-state index is 12.9. The standard InChI is InChI=1S/C16H19FN2O/c1-3-15(16-9-8-12(17)11-18-16)19-13-6-5-7-14(10-13)20-4-2/h5-11,15,19H,3-4H2,1-2H3. The highest BCUT2D eigenvalue weighted by Crippen LogP contribution is 2.24. The number of hydrogen-bond acceptors (Lipinski definition) is 3. The fourth-order valence-electron chi connectivity index (χ4n) is 2.02. The molecular weight excluding hydrogens is 255 g/mol. The molecule has 0 spiro atoms. The molecule has 0 saturated carbocycles. The lowest BCUT2D eigenvalue weighted by molar-refractivity contribution is 0.340. The Bertz CT molecular complexity index is 542. The van der Waals surface area contributed by atoms with Crippen molar-refractivity contribution in [3.05, 3.63) is 54.1 Å². The van der Waals surface area contributed by atoms with E-state index in [9.17, 15) is 4.39 Å². The van der Waals surface area contributed by atoms with E-state index in [1.807, 2.05) is 31.2 Å². The van der Waals surface area contributed by atoms with Crippen LogP contribution < -0.4 is 10.1 Å². The summed E-state index contributed by atoms with van der Waals surface area (Å²) < 4.78 is 18.4. The van der Waals surface area contributed by atoms with Crippen LogP contribution >= 0.6 is 0 Å². The van der Waals surface area contributed by atoms with Gasteiger partial charge in [0.2, 0.25) is 0 Å². The Labute approximate surface area is 118 Å². The molecule has 2 rings (SSSR count). The van der Waals surface area contributed by atoms with Crippen LogP contribution in [0.4, 0.5) is 10.1 Å². The molecule has 1 aromatic carbocycles. The van der Waals surface area contributed by atoms with Gasteiger partial charge in [0.25, 0.3) is 0 Å². The second-order valence-corrected chi connectivity index (χ2v) is 4.47. The zero-order valence-corrected chi connectivity index (χ0v) is 11.8. The first-order valence-electron chi connectivity index (χ1n) is 6.83. The Balaban J connectivity index is 2.13. The molecule has 2 aromatic rings. The molecular formula is C16H19FN2O. The number of anilines is 1. The molecule has 1 heterocycles. The molecule has 1 N–H and O–H groups in total. The highest BCUT2D eigenvalue weighted by molar-refractivity contribution is 5.49. The fraction of sp³-hybridized carbons (Fsp3) is 0.312. The van der Waals surface area contributed by atoms with Gasteiger partial charge in [-0.1, -0.05) is 13.0 Å². The molecule has 0 aliphatic carbocycles. The van der Waals surface area contributed by atoms with E-state index >= 15 is 0 Å². The van der Waals surface area contributed by atoms with Gasteiger partial charge in [-0.15, -0.1) is 0 Å². The Kier molecular flexibility index (Phi) is 4.93. The molecule has 1 atom stereocenters. The highest BCUT2D eigenvalue weighted by atomic mass is 19.1. The van der Waals surface area contributed by atoms with Crippen LogP contribution in [0.15, 0.2) is 42.6 Å². The third-order valence-electron chi connectivity index (χ3n) is 3.00. The minimum Gasteiger partial charge on any atom is -0.494 e. The molecule has 3 nitrogen and oxygen atoms in total. The summed E-state index contributed by atoms with van der Waals surface area (Å²) in [7, 11) is 0. The second kappa shape index (κ2) is 6.89. The van der Waals surface area contributed by atoms with Crippen molar-refractivity contribution in [1.82, 2.24) is 4.98 Å². The quantitative estimate of drug-likeness (QED) is 0.858. The summed E-state index contributed by atoms with van der Waals surface area (Å²) in [5, 5.41) is 3.40. The zero-order valence-electron chi connectivity index (χ0n) is 11.8. The van der Waals surface area contributed by atoms with E-state index in [1.54, 1.807) is 6.07 Å². The third kappa shape index (κ3) is 3.70. The molecule has 0 amide bonds. The van der Waals surface area contributed by atoms with E-state index in [2.05, 4.69) is 17.2 Å². The lowest BCUT2D eigenvalue weighted by atomic mass is 10.1. The van der Waals surface area contributed by atoms with Gasteiger partial charge in [0, 0.05) is 11.8 Å². The van der Waals surface area contributed by atoms with Crippen LogP contribution in [-0.2, 0) is 0 Å². The van der Waals surface area contributed by atoms with Gasteiger partial charge >= 0.3 is 0 Å². The van der Waals surface area contributed by atoms with E-state index in [-0.39, 0.29) is 11.9 Å². The number of aromatic nitrogens is 1. The maximum Gasteiger partial charge on any atom is 0.141 e. The van der Waals surface area contributed by atoms with Crippen molar-refractivity contribution in [2.75, 3.05) is 11.9 Å². The average molecular weight is 274 g/mol. The topological polar surface area (TPSA) is 34.1 Å². The van der Waals surface area contributed by atoms with Crippen molar-refractivity contribution in [2.45, 2.75) is 26.3 Å². The zero-order chi connectivity index (χ0) is 14.4. The molecule has 20 heavy (non-hydrogen) atoms. The second-order valence-electron chi connectivity index (χ2n) is 4.47. The largest absolute Gasteiger partial charge is 0.494 e.